The Kier molecular flexibility index (Phi) is 2.66. The lowest BCUT2D eigenvalue weighted by molar-refractivity contribution is 0.134. The van der Waals surface area contributed by atoms with Gasteiger partial charge in [-0.1, -0.05) is 6.92 Å². The molecule has 1 heterocycles. The minimum Gasteiger partial charge on any atom is -0.324 e. The van der Waals surface area contributed by atoms with Crippen molar-refractivity contribution in [3.8, 4) is 12.3 Å². The van der Waals surface area contributed by atoms with Crippen molar-refractivity contribution < 1.29 is 9.09 Å². The molecule has 12 heavy (non-hydrogen) atoms. The third-order valence-electron chi connectivity index (χ3n) is 2.32. The first-order valence-electron chi connectivity index (χ1n) is 4.17. The fourth-order valence-corrected chi connectivity index (χ4v) is 4.05. The summed E-state index contributed by atoms with van der Waals surface area (Å²) in [7, 11) is -2.34. The Balaban J connectivity index is 2.79. The zero-order chi connectivity index (χ0) is 9.35. The maximum Gasteiger partial charge on any atom is 0.200 e. The fourth-order valence-electron chi connectivity index (χ4n) is 1.86. The average molecular weight is 186 g/mol. The van der Waals surface area contributed by atoms with Gasteiger partial charge in [-0.25, -0.2) is 0 Å². The summed E-state index contributed by atoms with van der Waals surface area (Å²) in [5.41, 5.74) is 0. The highest BCUT2D eigenvalue weighted by Gasteiger charge is 2.36. The zero-order valence-electron chi connectivity index (χ0n) is 7.78. The van der Waals surface area contributed by atoms with Crippen LogP contribution in [0.4, 0.5) is 0 Å². The molecule has 0 aliphatic carbocycles. The summed E-state index contributed by atoms with van der Waals surface area (Å²) in [5, 5.41) is 0. The molecule has 0 N–H and O–H groups in total. The lowest BCUT2D eigenvalue weighted by atomic mass is 9.92. The molecule has 1 rings (SSSR count). The molecule has 1 aliphatic rings. The third kappa shape index (κ3) is 1.91. The molecule has 1 aliphatic heterocycles. The Morgan fingerprint density at radius 3 is 2.58 bits per heavy atom. The molecular formula is C9H15O2P. The van der Waals surface area contributed by atoms with Crippen molar-refractivity contribution in [2.75, 3.05) is 12.8 Å². The molecule has 0 spiro atoms. The molecule has 1 saturated heterocycles. The van der Waals surface area contributed by atoms with E-state index in [2.05, 4.69) is 5.92 Å². The van der Waals surface area contributed by atoms with Crippen LogP contribution in [0.25, 0.3) is 0 Å². The van der Waals surface area contributed by atoms with Crippen LogP contribution in [-0.2, 0) is 9.09 Å². The lowest BCUT2D eigenvalue weighted by Gasteiger charge is -2.34. The Labute approximate surface area is 74.1 Å². The SMILES string of the molecule is C#CC1C(C)CP(C)(=O)OC1C. The van der Waals surface area contributed by atoms with Gasteiger partial charge < -0.3 is 4.52 Å². The normalized spacial score (nSPS) is 48.3. The molecule has 4 atom stereocenters. The minimum absolute atomic E-state index is 0.0606. The Bertz CT molecular complexity index is 238. The summed E-state index contributed by atoms with van der Waals surface area (Å²) in [4.78, 5) is 0. The van der Waals surface area contributed by atoms with E-state index in [0.717, 1.165) is 0 Å². The van der Waals surface area contributed by atoms with Gasteiger partial charge in [0.25, 0.3) is 0 Å². The van der Waals surface area contributed by atoms with E-state index in [1.54, 1.807) is 6.66 Å². The minimum atomic E-state index is -2.34. The van der Waals surface area contributed by atoms with Gasteiger partial charge in [-0.15, -0.1) is 12.3 Å². The molecule has 2 nitrogen and oxygen atoms in total. The molecule has 0 saturated carbocycles. The van der Waals surface area contributed by atoms with E-state index in [1.807, 2.05) is 13.8 Å². The van der Waals surface area contributed by atoms with Crippen LogP contribution in [0.2, 0.25) is 0 Å². The molecule has 1 fully saturated rings. The van der Waals surface area contributed by atoms with Crippen molar-refractivity contribution >= 4 is 7.37 Å². The second kappa shape index (κ2) is 3.24. The van der Waals surface area contributed by atoms with E-state index in [-0.39, 0.29) is 12.0 Å². The summed E-state index contributed by atoms with van der Waals surface area (Å²) in [5.74, 6) is 3.13. The third-order valence-corrected chi connectivity index (χ3v) is 4.34. The first-order valence-corrected chi connectivity index (χ1v) is 6.43. The van der Waals surface area contributed by atoms with Gasteiger partial charge in [0.2, 0.25) is 7.37 Å². The molecule has 0 amide bonds. The van der Waals surface area contributed by atoms with Crippen LogP contribution in [0.5, 0.6) is 0 Å². The monoisotopic (exact) mass is 186 g/mol. The first kappa shape index (κ1) is 9.84. The summed E-state index contributed by atoms with van der Waals surface area (Å²) < 4.78 is 17.0. The van der Waals surface area contributed by atoms with Crippen LogP contribution in [-0.4, -0.2) is 18.9 Å². The van der Waals surface area contributed by atoms with Gasteiger partial charge in [0.05, 0.1) is 6.10 Å². The van der Waals surface area contributed by atoms with E-state index in [4.69, 9.17) is 10.9 Å². The standard InChI is InChI=1S/C9H15O2P/c1-5-9-7(2)6-12(4,10)11-8(9)3/h1,7-9H,6H2,2-4H3. The van der Waals surface area contributed by atoms with Gasteiger partial charge >= 0.3 is 0 Å². The smallest absolute Gasteiger partial charge is 0.200 e. The Morgan fingerprint density at radius 1 is 1.58 bits per heavy atom. The van der Waals surface area contributed by atoms with Crippen molar-refractivity contribution in [2.45, 2.75) is 20.0 Å². The first-order chi connectivity index (χ1) is 5.46. The maximum atomic E-state index is 11.6. The van der Waals surface area contributed by atoms with Crippen LogP contribution >= 0.6 is 7.37 Å². The molecule has 0 aromatic rings. The summed E-state index contributed by atoms with van der Waals surface area (Å²) in [6, 6.07) is 0. The van der Waals surface area contributed by atoms with Gasteiger partial charge in [-0.3, -0.25) is 4.57 Å². The van der Waals surface area contributed by atoms with Gasteiger partial charge in [-0.05, 0) is 12.8 Å². The quantitative estimate of drug-likeness (QED) is 0.428. The number of hydrogen-bond acceptors (Lipinski definition) is 2. The molecule has 0 aromatic carbocycles. The lowest BCUT2D eigenvalue weighted by Crippen LogP contribution is -2.32. The van der Waals surface area contributed by atoms with Crippen LogP contribution in [0, 0.1) is 24.2 Å². The number of hydrogen-bond donors (Lipinski definition) is 0. The fraction of sp³-hybridized carbons (Fsp3) is 0.778. The van der Waals surface area contributed by atoms with Crippen LogP contribution in [0.3, 0.4) is 0 Å². The summed E-state index contributed by atoms with van der Waals surface area (Å²) in [6.45, 7) is 5.63. The molecular weight excluding hydrogens is 171 g/mol. The highest BCUT2D eigenvalue weighted by molar-refractivity contribution is 7.58. The second-order valence-electron chi connectivity index (χ2n) is 3.68. The summed E-state index contributed by atoms with van der Waals surface area (Å²) >= 11 is 0. The Morgan fingerprint density at radius 2 is 2.17 bits per heavy atom. The average Bonchev–Trinajstić information content (AvgIpc) is 1.82. The predicted molar refractivity (Wildman–Crippen MR) is 50.4 cm³/mol. The van der Waals surface area contributed by atoms with Crippen LogP contribution in [0.15, 0.2) is 0 Å². The molecule has 0 aromatic heterocycles. The van der Waals surface area contributed by atoms with Crippen LogP contribution in [0.1, 0.15) is 13.8 Å². The van der Waals surface area contributed by atoms with E-state index < -0.39 is 7.37 Å². The van der Waals surface area contributed by atoms with Gasteiger partial charge in [0.1, 0.15) is 0 Å². The molecule has 0 radical (unpaired) electrons. The van der Waals surface area contributed by atoms with Crippen molar-refractivity contribution in [1.29, 1.82) is 0 Å². The highest BCUT2D eigenvalue weighted by Crippen LogP contribution is 2.52. The molecule has 4 unspecified atom stereocenters. The zero-order valence-corrected chi connectivity index (χ0v) is 8.67. The summed E-state index contributed by atoms with van der Waals surface area (Å²) in [6.07, 6.45) is 5.91. The van der Waals surface area contributed by atoms with E-state index in [1.165, 1.54) is 0 Å². The number of rotatable bonds is 0. The van der Waals surface area contributed by atoms with E-state index in [0.29, 0.717) is 12.1 Å². The Hall–Kier alpha value is -0.250. The van der Waals surface area contributed by atoms with Crippen LogP contribution < -0.4 is 0 Å². The van der Waals surface area contributed by atoms with Gasteiger partial charge in [0.15, 0.2) is 0 Å². The van der Waals surface area contributed by atoms with E-state index >= 15 is 0 Å². The second-order valence-corrected chi connectivity index (χ2v) is 6.28. The number of terminal acetylenes is 1. The molecule has 3 heteroatoms. The van der Waals surface area contributed by atoms with Crippen molar-refractivity contribution in [1.82, 2.24) is 0 Å². The maximum absolute atomic E-state index is 11.6. The van der Waals surface area contributed by atoms with Crippen molar-refractivity contribution in [3.05, 3.63) is 0 Å². The van der Waals surface area contributed by atoms with Gasteiger partial charge in [0, 0.05) is 18.7 Å². The highest BCUT2D eigenvalue weighted by atomic mass is 31.2. The van der Waals surface area contributed by atoms with Crippen molar-refractivity contribution in [2.24, 2.45) is 11.8 Å². The topological polar surface area (TPSA) is 26.3 Å². The van der Waals surface area contributed by atoms with Crippen molar-refractivity contribution in [3.63, 3.8) is 0 Å². The van der Waals surface area contributed by atoms with E-state index in [9.17, 15) is 4.57 Å². The molecule has 68 valence electrons. The molecule has 0 bridgehead atoms. The largest absolute Gasteiger partial charge is 0.324 e. The predicted octanol–water partition coefficient (Wildman–Crippen LogP) is 2.20. The van der Waals surface area contributed by atoms with Gasteiger partial charge in [-0.2, -0.15) is 0 Å².